The van der Waals surface area contributed by atoms with Gasteiger partial charge < -0.3 is 21.9 Å². The molecule has 0 aromatic rings. The number of rotatable bonds is 15. The van der Waals surface area contributed by atoms with Crippen molar-refractivity contribution in [3.8, 4) is 0 Å². The molecule has 146 valence electrons. The molecule has 0 atom stereocenters. The average molecular weight is 364 g/mol. The van der Waals surface area contributed by atoms with Crippen LogP contribution in [0.1, 0.15) is 84.0 Å². The molecule has 24 heavy (non-hydrogen) atoms. The standard InChI is InChI=1S/C20H42NO2.ClH/c1-3-4-5-6-7-8-9-10-11-12-13-14-17-23-20-21(2)15-18-22-19-16-21;/h3-20H2,1-2H3;1H/q+1;/p-1. The van der Waals surface area contributed by atoms with E-state index >= 15 is 0 Å². The third-order valence-electron chi connectivity index (χ3n) is 5.10. The highest BCUT2D eigenvalue weighted by molar-refractivity contribution is 4.48. The van der Waals surface area contributed by atoms with Crippen molar-refractivity contribution in [1.29, 1.82) is 0 Å². The molecular formula is C20H42ClNO2. The Kier molecular flexibility index (Phi) is 16.7. The van der Waals surface area contributed by atoms with E-state index in [-0.39, 0.29) is 12.4 Å². The average Bonchev–Trinajstić information content (AvgIpc) is 2.56. The van der Waals surface area contributed by atoms with Crippen LogP contribution >= 0.6 is 0 Å². The van der Waals surface area contributed by atoms with Gasteiger partial charge in [0, 0.05) is 0 Å². The van der Waals surface area contributed by atoms with E-state index in [9.17, 15) is 0 Å². The van der Waals surface area contributed by atoms with Gasteiger partial charge in [-0.3, -0.25) is 4.48 Å². The van der Waals surface area contributed by atoms with Crippen LogP contribution in [0.3, 0.4) is 0 Å². The second kappa shape index (κ2) is 16.6. The number of unbranched alkanes of at least 4 members (excludes halogenated alkanes) is 11. The van der Waals surface area contributed by atoms with Crippen LogP contribution < -0.4 is 12.4 Å². The Labute approximate surface area is 157 Å². The maximum atomic E-state index is 5.88. The molecule has 1 rings (SSSR count). The van der Waals surface area contributed by atoms with Crippen molar-refractivity contribution in [2.24, 2.45) is 0 Å². The van der Waals surface area contributed by atoms with Crippen molar-refractivity contribution >= 4 is 0 Å². The Hall–Kier alpha value is 0.170. The fourth-order valence-electron chi connectivity index (χ4n) is 3.24. The normalized spacial score (nSPS) is 16.8. The molecule has 0 spiro atoms. The van der Waals surface area contributed by atoms with Crippen molar-refractivity contribution in [2.45, 2.75) is 84.0 Å². The molecule has 0 N–H and O–H groups in total. The van der Waals surface area contributed by atoms with Crippen molar-refractivity contribution in [1.82, 2.24) is 0 Å². The summed E-state index contributed by atoms with van der Waals surface area (Å²) in [6.45, 7) is 8.05. The number of quaternary nitrogens is 1. The van der Waals surface area contributed by atoms with Gasteiger partial charge in [0.1, 0.15) is 13.1 Å². The Balaban J connectivity index is 0.00000529. The molecule has 0 radical (unpaired) electrons. The van der Waals surface area contributed by atoms with E-state index in [1.54, 1.807) is 0 Å². The van der Waals surface area contributed by atoms with Crippen molar-refractivity contribution < 1.29 is 26.4 Å². The lowest BCUT2D eigenvalue weighted by molar-refractivity contribution is -0.934. The second-order valence-corrected chi connectivity index (χ2v) is 7.61. The zero-order valence-electron chi connectivity index (χ0n) is 16.4. The van der Waals surface area contributed by atoms with E-state index < -0.39 is 0 Å². The fourth-order valence-corrected chi connectivity index (χ4v) is 3.24. The summed E-state index contributed by atoms with van der Waals surface area (Å²) < 4.78 is 12.3. The van der Waals surface area contributed by atoms with Crippen LogP contribution in [0.15, 0.2) is 0 Å². The molecule has 0 aromatic carbocycles. The van der Waals surface area contributed by atoms with Crippen molar-refractivity contribution in [3.05, 3.63) is 0 Å². The minimum Gasteiger partial charge on any atom is -1.00 e. The van der Waals surface area contributed by atoms with Crippen LogP contribution in [0.2, 0.25) is 0 Å². The van der Waals surface area contributed by atoms with E-state index in [0.717, 1.165) is 44.1 Å². The summed E-state index contributed by atoms with van der Waals surface area (Å²) in [4.78, 5) is 0. The predicted octanol–water partition coefficient (Wildman–Crippen LogP) is 2.14. The van der Waals surface area contributed by atoms with Crippen LogP contribution in [0, 0.1) is 0 Å². The first-order chi connectivity index (χ1) is 11.3. The van der Waals surface area contributed by atoms with Gasteiger partial charge in [-0.2, -0.15) is 0 Å². The number of likely N-dealkylation sites (N-methyl/N-ethyl adjacent to an activating group) is 1. The third kappa shape index (κ3) is 13.5. The summed E-state index contributed by atoms with van der Waals surface area (Å²) in [7, 11) is 2.28. The molecule has 1 heterocycles. The zero-order valence-corrected chi connectivity index (χ0v) is 17.1. The largest absolute Gasteiger partial charge is 1.00 e. The van der Waals surface area contributed by atoms with Crippen molar-refractivity contribution in [3.63, 3.8) is 0 Å². The van der Waals surface area contributed by atoms with Crippen LogP contribution in [0.4, 0.5) is 0 Å². The first-order valence-corrected chi connectivity index (χ1v) is 10.3. The smallest absolute Gasteiger partial charge is 0.183 e. The topological polar surface area (TPSA) is 18.5 Å². The molecule has 1 saturated heterocycles. The molecule has 1 aliphatic heterocycles. The van der Waals surface area contributed by atoms with Crippen LogP contribution in [-0.2, 0) is 9.47 Å². The molecule has 4 heteroatoms. The van der Waals surface area contributed by atoms with Crippen LogP contribution in [0.5, 0.6) is 0 Å². The number of hydrogen-bond donors (Lipinski definition) is 0. The Morgan fingerprint density at radius 2 is 1.21 bits per heavy atom. The van der Waals surface area contributed by atoms with Gasteiger partial charge in [-0.05, 0) is 6.42 Å². The molecule has 0 bridgehead atoms. The van der Waals surface area contributed by atoms with E-state index in [0.29, 0.717) is 0 Å². The SMILES string of the molecule is CCCCCCCCCCCCCCOC[N+]1(C)CCOCC1.[Cl-]. The number of halogens is 1. The minimum absolute atomic E-state index is 0. The molecule has 1 aliphatic rings. The number of nitrogens with zero attached hydrogens (tertiary/aromatic N) is 1. The second-order valence-electron chi connectivity index (χ2n) is 7.61. The minimum atomic E-state index is 0. The van der Waals surface area contributed by atoms with Gasteiger partial charge in [-0.15, -0.1) is 0 Å². The first kappa shape index (κ1) is 24.2. The Morgan fingerprint density at radius 1 is 0.750 bits per heavy atom. The molecule has 0 saturated carbocycles. The number of ether oxygens (including phenoxy) is 2. The molecule has 3 nitrogen and oxygen atoms in total. The quantitative estimate of drug-likeness (QED) is 0.328. The summed E-state index contributed by atoms with van der Waals surface area (Å²) in [5, 5.41) is 0. The number of hydrogen-bond acceptors (Lipinski definition) is 2. The van der Waals surface area contributed by atoms with Gasteiger partial charge >= 0.3 is 0 Å². The molecule has 0 unspecified atom stereocenters. The fraction of sp³-hybridized carbons (Fsp3) is 1.00. The monoisotopic (exact) mass is 363 g/mol. The molecule has 0 amide bonds. The van der Waals surface area contributed by atoms with Gasteiger partial charge in [0.15, 0.2) is 6.73 Å². The molecule has 0 aromatic heterocycles. The van der Waals surface area contributed by atoms with E-state index in [2.05, 4.69) is 14.0 Å². The van der Waals surface area contributed by atoms with Gasteiger partial charge in [-0.25, -0.2) is 0 Å². The Morgan fingerprint density at radius 3 is 1.71 bits per heavy atom. The molecule has 0 aliphatic carbocycles. The highest BCUT2D eigenvalue weighted by Crippen LogP contribution is 2.12. The summed E-state index contributed by atoms with van der Waals surface area (Å²) >= 11 is 0. The van der Waals surface area contributed by atoms with E-state index in [4.69, 9.17) is 9.47 Å². The molecule has 1 fully saturated rings. The van der Waals surface area contributed by atoms with Crippen LogP contribution in [-0.4, -0.2) is 51.2 Å². The van der Waals surface area contributed by atoms with Gasteiger partial charge in [0.25, 0.3) is 0 Å². The molecular weight excluding hydrogens is 322 g/mol. The summed E-state index contributed by atoms with van der Waals surface area (Å²) in [5.74, 6) is 0. The van der Waals surface area contributed by atoms with E-state index in [1.807, 2.05) is 0 Å². The Bertz CT molecular complexity index is 258. The van der Waals surface area contributed by atoms with Crippen molar-refractivity contribution in [2.75, 3.05) is 46.7 Å². The van der Waals surface area contributed by atoms with E-state index in [1.165, 1.54) is 77.0 Å². The third-order valence-corrected chi connectivity index (χ3v) is 5.10. The highest BCUT2D eigenvalue weighted by atomic mass is 35.5. The lowest BCUT2D eigenvalue weighted by Gasteiger charge is -2.36. The predicted molar refractivity (Wildman–Crippen MR) is 98.6 cm³/mol. The summed E-state index contributed by atoms with van der Waals surface area (Å²) in [6, 6.07) is 0. The lowest BCUT2D eigenvalue weighted by atomic mass is 10.1. The van der Waals surface area contributed by atoms with Gasteiger partial charge in [0.2, 0.25) is 0 Å². The number of morpholine rings is 1. The lowest BCUT2D eigenvalue weighted by Crippen LogP contribution is -3.00. The summed E-state index contributed by atoms with van der Waals surface area (Å²) in [6.07, 6.45) is 16.8. The first-order valence-electron chi connectivity index (χ1n) is 10.3. The highest BCUT2D eigenvalue weighted by Gasteiger charge is 2.24. The summed E-state index contributed by atoms with van der Waals surface area (Å²) in [5.41, 5.74) is 0. The van der Waals surface area contributed by atoms with Gasteiger partial charge in [-0.1, -0.05) is 77.6 Å². The zero-order chi connectivity index (χ0) is 16.6. The maximum absolute atomic E-state index is 5.88. The van der Waals surface area contributed by atoms with Gasteiger partial charge in [0.05, 0.1) is 26.9 Å². The maximum Gasteiger partial charge on any atom is 0.183 e. The van der Waals surface area contributed by atoms with Crippen LogP contribution in [0.25, 0.3) is 0 Å².